The molecule has 0 fully saturated rings. The van der Waals surface area contributed by atoms with Crippen molar-refractivity contribution in [2.24, 2.45) is 0 Å². The molecule has 3 aromatic carbocycles. The largest absolute Gasteiger partial charge is 0.207 e. The van der Waals surface area contributed by atoms with Gasteiger partial charge in [0.2, 0.25) is 0 Å². The molecule has 0 aromatic heterocycles. The number of hydrogen-bond acceptors (Lipinski definition) is 0. The van der Waals surface area contributed by atoms with Gasteiger partial charge in [0, 0.05) is 4.47 Å². The lowest BCUT2D eigenvalue weighted by atomic mass is 10.0. The molecule has 0 aliphatic heterocycles. The van der Waals surface area contributed by atoms with Crippen LogP contribution in [0, 0.1) is 5.82 Å². The predicted octanol–water partition coefficient (Wildman–Crippen LogP) is 5.46. The average molecular weight is 303 g/mol. The third-order valence-electron chi connectivity index (χ3n) is 3.30. The van der Waals surface area contributed by atoms with Crippen molar-refractivity contribution in [2.45, 2.75) is 13.3 Å². The second-order valence-electron chi connectivity index (χ2n) is 4.49. The van der Waals surface area contributed by atoms with Crippen molar-refractivity contribution in [3.8, 4) is 0 Å². The van der Waals surface area contributed by atoms with Crippen LogP contribution in [0.4, 0.5) is 4.39 Å². The van der Waals surface area contributed by atoms with Crippen molar-refractivity contribution in [1.82, 2.24) is 0 Å². The lowest BCUT2D eigenvalue weighted by Gasteiger charge is -2.07. The molecule has 3 rings (SSSR count). The molecule has 3 aromatic rings. The molecular weight excluding hydrogens is 291 g/mol. The fraction of sp³-hybridized carbons (Fsp3) is 0.125. The Balaban J connectivity index is 2.38. The first-order chi connectivity index (χ1) is 8.67. The molecule has 0 saturated carbocycles. The van der Waals surface area contributed by atoms with Gasteiger partial charge in [-0.15, -0.1) is 0 Å². The van der Waals surface area contributed by atoms with Crippen molar-refractivity contribution < 1.29 is 4.39 Å². The SMILES string of the molecule is CCc1cc2cc3cc(F)ccc3cc2cc1Br. The molecule has 0 N–H and O–H groups in total. The first-order valence-corrected chi connectivity index (χ1v) is 6.78. The highest BCUT2D eigenvalue weighted by Gasteiger charge is 2.04. The highest BCUT2D eigenvalue weighted by atomic mass is 79.9. The average Bonchev–Trinajstić information content (AvgIpc) is 2.36. The van der Waals surface area contributed by atoms with E-state index in [9.17, 15) is 4.39 Å². The summed E-state index contributed by atoms with van der Waals surface area (Å²) in [7, 11) is 0. The molecule has 0 bridgehead atoms. The Morgan fingerprint density at radius 1 is 0.889 bits per heavy atom. The highest BCUT2D eigenvalue weighted by Crippen LogP contribution is 2.29. The minimum atomic E-state index is -0.185. The zero-order chi connectivity index (χ0) is 12.7. The molecule has 0 aliphatic carbocycles. The maximum absolute atomic E-state index is 13.2. The number of benzene rings is 3. The van der Waals surface area contributed by atoms with E-state index in [4.69, 9.17) is 0 Å². The number of aryl methyl sites for hydroxylation is 1. The van der Waals surface area contributed by atoms with Gasteiger partial charge in [-0.1, -0.05) is 35.0 Å². The van der Waals surface area contributed by atoms with Crippen LogP contribution in [0.3, 0.4) is 0 Å². The zero-order valence-electron chi connectivity index (χ0n) is 10.0. The maximum atomic E-state index is 13.2. The third-order valence-corrected chi connectivity index (χ3v) is 4.04. The van der Waals surface area contributed by atoms with Crippen molar-refractivity contribution in [3.05, 3.63) is 58.3 Å². The second kappa shape index (κ2) is 4.36. The van der Waals surface area contributed by atoms with Crippen molar-refractivity contribution in [2.75, 3.05) is 0 Å². The summed E-state index contributed by atoms with van der Waals surface area (Å²) in [6.45, 7) is 2.13. The van der Waals surface area contributed by atoms with Gasteiger partial charge in [0.15, 0.2) is 0 Å². The van der Waals surface area contributed by atoms with Gasteiger partial charge in [0.25, 0.3) is 0 Å². The molecule has 90 valence electrons. The smallest absolute Gasteiger partial charge is 0.123 e. The number of rotatable bonds is 1. The molecule has 18 heavy (non-hydrogen) atoms. The summed E-state index contributed by atoms with van der Waals surface area (Å²) in [5.41, 5.74) is 1.28. The van der Waals surface area contributed by atoms with Gasteiger partial charge in [-0.2, -0.15) is 0 Å². The first kappa shape index (κ1) is 11.7. The molecule has 0 nitrogen and oxygen atoms in total. The molecule has 0 aliphatic rings. The van der Waals surface area contributed by atoms with Crippen LogP contribution in [0.2, 0.25) is 0 Å². The summed E-state index contributed by atoms with van der Waals surface area (Å²) in [5, 5.41) is 4.36. The van der Waals surface area contributed by atoms with E-state index in [2.05, 4.69) is 47.1 Å². The molecule has 0 heterocycles. The highest BCUT2D eigenvalue weighted by molar-refractivity contribution is 9.10. The molecular formula is C16H12BrF. The molecule has 0 atom stereocenters. The van der Waals surface area contributed by atoms with E-state index in [-0.39, 0.29) is 5.82 Å². The number of halogens is 2. The summed E-state index contributed by atoms with van der Waals surface area (Å²) in [6.07, 6.45) is 0.984. The van der Waals surface area contributed by atoms with Crippen molar-refractivity contribution in [1.29, 1.82) is 0 Å². The van der Waals surface area contributed by atoms with E-state index in [1.54, 1.807) is 6.07 Å². The van der Waals surface area contributed by atoms with Gasteiger partial charge in [-0.05, 0) is 63.9 Å². The Hall–Kier alpha value is -1.41. The summed E-state index contributed by atoms with van der Waals surface area (Å²) in [6, 6.07) is 13.4. The Bertz CT molecular complexity index is 747. The zero-order valence-corrected chi connectivity index (χ0v) is 11.6. The Morgan fingerprint density at radius 2 is 1.56 bits per heavy atom. The summed E-state index contributed by atoms with van der Waals surface area (Å²) < 4.78 is 14.4. The Labute approximate surface area is 114 Å². The van der Waals surface area contributed by atoms with Crippen LogP contribution in [0.25, 0.3) is 21.5 Å². The summed E-state index contributed by atoms with van der Waals surface area (Å²) in [5.74, 6) is -0.185. The number of hydrogen-bond donors (Lipinski definition) is 0. The Kier molecular flexibility index (Phi) is 2.83. The van der Waals surface area contributed by atoms with E-state index in [1.807, 2.05) is 6.07 Å². The standard InChI is InChI=1S/C16H12BrF/c1-2-10-5-12-7-13-8-15(18)4-3-11(13)6-14(12)9-16(10)17/h3-9H,2H2,1H3. The van der Waals surface area contributed by atoms with Crippen LogP contribution in [-0.4, -0.2) is 0 Å². The fourth-order valence-electron chi connectivity index (χ4n) is 2.31. The summed E-state index contributed by atoms with van der Waals surface area (Å²) >= 11 is 3.59. The van der Waals surface area contributed by atoms with Gasteiger partial charge in [-0.25, -0.2) is 4.39 Å². The van der Waals surface area contributed by atoms with Crippen molar-refractivity contribution >= 4 is 37.5 Å². The predicted molar refractivity (Wildman–Crippen MR) is 78.5 cm³/mol. The fourth-order valence-corrected chi connectivity index (χ4v) is 2.95. The van der Waals surface area contributed by atoms with Crippen LogP contribution in [0.15, 0.2) is 46.9 Å². The van der Waals surface area contributed by atoms with E-state index < -0.39 is 0 Å². The number of fused-ring (bicyclic) bond motifs is 2. The minimum Gasteiger partial charge on any atom is -0.207 e. The van der Waals surface area contributed by atoms with E-state index >= 15 is 0 Å². The molecule has 0 saturated heterocycles. The lowest BCUT2D eigenvalue weighted by Crippen LogP contribution is -1.85. The van der Waals surface area contributed by atoms with Crippen LogP contribution < -0.4 is 0 Å². The van der Waals surface area contributed by atoms with E-state index in [0.717, 1.165) is 27.1 Å². The van der Waals surface area contributed by atoms with Gasteiger partial charge < -0.3 is 0 Å². The molecule has 0 spiro atoms. The van der Waals surface area contributed by atoms with Crippen molar-refractivity contribution in [3.63, 3.8) is 0 Å². The van der Waals surface area contributed by atoms with Crippen LogP contribution >= 0.6 is 15.9 Å². The molecule has 2 heteroatoms. The second-order valence-corrected chi connectivity index (χ2v) is 5.34. The summed E-state index contributed by atoms with van der Waals surface area (Å²) in [4.78, 5) is 0. The van der Waals surface area contributed by atoms with Gasteiger partial charge in [0.1, 0.15) is 5.82 Å². The monoisotopic (exact) mass is 302 g/mol. The maximum Gasteiger partial charge on any atom is 0.123 e. The quantitative estimate of drug-likeness (QED) is 0.524. The van der Waals surface area contributed by atoms with Crippen LogP contribution in [-0.2, 0) is 6.42 Å². The van der Waals surface area contributed by atoms with Gasteiger partial charge >= 0.3 is 0 Å². The molecule has 0 amide bonds. The van der Waals surface area contributed by atoms with Gasteiger partial charge in [0.05, 0.1) is 0 Å². The normalized spacial score (nSPS) is 11.3. The van der Waals surface area contributed by atoms with Crippen LogP contribution in [0.1, 0.15) is 12.5 Å². The Morgan fingerprint density at radius 3 is 2.33 bits per heavy atom. The van der Waals surface area contributed by atoms with Crippen LogP contribution in [0.5, 0.6) is 0 Å². The first-order valence-electron chi connectivity index (χ1n) is 5.99. The topological polar surface area (TPSA) is 0 Å². The molecule has 0 unspecified atom stereocenters. The minimum absolute atomic E-state index is 0.185. The lowest BCUT2D eigenvalue weighted by molar-refractivity contribution is 0.630. The molecule has 0 radical (unpaired) electrons. The third kappa shape index (κ3) is 1.91. The van der Waals surface area contributed by atoms with E-state index in [0.29, 0.717) is 0 Å². The van der Waals surface area contributed by atoms with E-state index in [1.165, 1.54) is 17.0 Å². The van der Waals surface area contributed by atoms with Gasteiger partial charge in [-0.3, -0.25) is 0 Å².